The molecule has 1 aromatic rings. The molecule has 0 spiro atoms. The zero-order chi connectivity index (χ0) is 21.2. The predicted molar refractivity (Wildman–Crippen MR) is 112 cm³/mol. The number of thiocarbonyl (C=S) groups is 1. The molecular formula is C19H27N3O5S2. The average Bonchev–Trinajstić information content (AvgIpc) is 2.68. The van der Waals surface area contributed by atoms with E-state index in [4.69, 9.17) is 21.7 Å². The van der Waals surface area contributed by atoms with E-state index in [1.165, 1.54) is 16.4 Å². The Hall–Kier alpha value is -1.59. The van der Waals surface area contributed by atoms with Crippen LogP contribution in [-0.2, 0) is 19.5 Å². The van der Waals surface area contributed by atoms with Crippen LogP contribution >= 0.6 is 12.2 Å². The fourth-order valence-electron chi connectivity index (χ4n) is 3.53. The first-order valence-electron chi connectivity index (χ1n) is 9.62. The van der Waals surface area contributed by atoms with Crippen molar-refractivity contribution < 1.29 is 22.7 Å². The smallest absolute Gasteiger partial charge is 0.257 e. The highest BCUT2D eigenvalue weighted by molar-refractivity contribution is 7.89. The maximum atomic E-state index is 12.9. The monoisotopic (exact) mass is 441 g/mol. The van der Waals surface area contributed by atoms with Crippen molar-refractivity contribution in [2.24, 2.45) is 0 Å². The number of carbonyl (C=O) groups is 1. The molecule has 0 unspecified atom stereocenters. The summed E-state index contributed by atoms with van der Waals surface area (Å²) in [7, 11) is -3.68. The van der Waals surface area contributed by atoms with Gasteiger partial charge >= 0.3 is 0 Å². The molecule has 2 atom stereocenters. The molecule has 1 N–H and O–H groups in total. The number of morpholine rings is 2. The molecule has 0 saturated carbocycles. The number of sulfonamides is 1. The number of nitrogens with zero attached hydrogens (tertiary/aromatic N) is 2. The highest BCUT2D eigenvalue weighted by Crippen LogP contribution is 2.21. The largest absolute Gasteiger partial charge is 0.379 e. The van der Waals surface area contributed by atoms with Gasteiger partial charge in [0.1, 0.15) is 0 Å². The SMILES string of the molecule is Cc1ccc(S(=O)(=O)N2CCOCC2)cc1C(=O)NC(=S)N1C[C@@H](C)O[C@H](C)C1. The van der Waals surface area contributed by atoms with Crippen molar-refractivity contribution in [3.8, 4) is 0 Å². The number of carbonyl (C=O) groups excluding carboxylic acids is 1. The van der Waals surface area contributed by atoms with Crippen LogP contribution in [0.3, 0.4) is 0 Å². The molecule has 2 aliphatic rings. The van der Waals surface area contributed by atoms with Crippen molar-refractivity contribution in [2.75, 3.05) is 39.4 Å². The highest BCUT2D eigenvalue weighted by Gasteiger charge is 2.28. The number of amides is 1. The lowest BCUT2D eigenvalue weighted by atomic mass is 10.1. The number of ether oxygens (including phenoxy) is 2. The number of benzene rings is 1. The molecule has 10 heteroatoms. The van der Waals surface area contributed by atoms with E-state index in [9.17, 15) is 13.2 Å². The van der Waals surface area contributed by atoms with Gasteiger partial charge in [0.05, 0.1) is 30.3 Å². The van der Waals surface area contributed by atoms with Gasteiger partial charge in [0.2, 0.25) is 10.0 Å². The van der Waals surface area contributed by atoms with Gasteiger partial charge in [0.25, 0.3) is 5.91 Å². The van der Waals surface area contributed by atoms with Gasteiger partial charge in [-0.2, -0.15) is 4.31 Å². The molecule has 0 bridgehead atoms. The first-order chi connectivity index (χ1) is 13.7. The Kier molecular flexibility index (Phi) is 6.90. The van der Waals surface area contributed by atoms with Crippen molar-refractivity contribution in [2.45, 2.75) is 37.9 Å². The number of rotatable bonds is 3. The molecule has 2 fully saturated rings. The molecule has 1 amide bonds. The first-order valence-corrected chi connectivity index (χ1v) is 11.5. The summed E-state index contributed by atoms with van der Waals surface area (Å²) in [5.74, 6) is -0.418. The average molecular weight is 442 g/mol. The zero-order valence-corrected chi connectivity index (χ0v) is 18.5. The van der Waals surface area contributed by atoms with Crippen LogP contribution in [-0.4, -0.2) is 80.2 Å². The van der Waals surface area contributed by atoms with Gasteiger partial charge in [-0.05, 0) is 50.7 Å². The van der Waals surface area contributed by atoms with Crippen molar-refractivity contribution in [3.63, 3.8) is 0 Å². The molecule has 2 heterocycles. The third-order valence-electron chi connectivity index (χ3n) is 4.99. The van der Waals surface area contributed by atoms with Crippen molar-refractivity contribution in [1.29, 1.82) is 0 Å². The van der Waals surface area contributed by atoms with Gasteiger partial charge in [-0.3, -0.25) is 10.1 Å². The lowest BCUT2D eigenvalue weighted by Crippen LogP contribution is -2.52. The Morgan fingerprint density at radius 3 is 2.41 bits per heavy atom. The molecule has 1 aromatic carbocycles. The Bertz CT molecular complexity index is 874. The van der Waals surface area contributed by atoms with E-state index in [-0.39, 0.29) is 22.7 Å². The third kappa shape index (κ3) is 5.13. The second-order valence-corrected chi connectivity index (χ2v) is 9.74. The number of nitrogens with one attached hydrogen (secondary N) is 1. The quantitative estimate of drug-likeness (QED) is 0.704. The number of aryl methyl sites for hydroxylation is 1. The Morgan fingerprint density at radius 1 is 1.17 bits per heavy atom. The second-order valence-electron chi connectivity index (χ2n) is 7.41. The molecule has 29 heavy (non-hydrogen) atoms. The fraction of sp³-hybridized carbons (Fsp3) is 0.579. The minimum absolute atomic E-state index is 0.0114. The molecule has 0 aromatic heterocycles. The molecule has 3 rings (SSSR count). The number of hydrogen-bond donors (Lipinski definition) is 1. The highest BCUT2D eigenvalue weighted by atomic mass is 32.2. The summed E-state index contributed by atoms with van der Waals surface area (Å²) >= 11 is 5.41. The Balaban J connectivity index is 1.77. The Morgan fingerprint density at radius 2 is 1.79 bits per heavy atom. The number of hydrogen-bond acceptors (Lipinski definition) is 6. The summed E-state index contributed by atoms with van der Waals surface area (Å²) in [6, 6.07) is 4.59. The van der Waals surface area contributed by atoms with E-state index in [0.717, 1.165) is 0 Å². The molecule has 0 radical (unpaired) electrons. The van der Waals surface area contributed by atoms with E-state index in [1.54, 1.807) is 13.0 Å². The van der Waals surface area contributed by atoms with Crippen LogP contribution in [0, 0.1) is 6.92 Å². The minimum Gasteiger partial charge on any atom is -0.379 e. The first kappa shape index (κ1) is 22.1. The van der Waals surface area contributed by atoms with E-state index < -0.39 is 15.9 Å². The van der Waals surface area contributed by atoms with E-state index >= 15 is 0 Å². The summed E-state index contributed by atoms with van der Waals surface area (Å²) in [5.41, 5.74) is 0.964. The summed E-state index contributed by atoms with van der Waals surface area (Å²) < 4.78 is 38.1. The van der Waals surface area contributed by atoms with Gasteiger partial charge in [0.15, 0.2) is 5.11 Å². The van der Waals surface area contributed by atoms with Gasteiger partial charge in [-0.25, -0.2) is 8.42 Å². The van der Waals surface area contributed by atoms with E-state index in [2.05, 4.69) is 5.32 Å². The molecule has 8 nitrogen and oxygen atoms in total. The van der Waals surface area contributed by atoms with Crippen LogP contribution in [0.4, 0.5) is 0 Å². The summed E-state index contributed by atoms with van der Waals surface area (Å²) in [6.07, 6.45) is 0.0228. The zero-order valence-electron chi connectivity index (χ0n) is 16.9. The summed E-state index contributed by atoms with van der Waals surface area (Å²) in [5, 5.41) is 3.06. The lowest BCUT2D eigenvalue weighted by Gasteiger charge is -2.36. The molecule has 0 aliphatic carbocycles. The second kappa shape index (κ2) is 9.05. The molecule has 160 valence electrons. The molecular weight excluding hydrogens is 414 g/mol. The van der Waals surface area contributed by atoms with Crippen molar-refractivity contribution in [1.82, 2.24) is 14.5 Å². The molecule has 2 aliphatic heterocycles. The topological polar surface area (TPSA) is 88.2 Å². The van der Waals surface area contributed by atoms with Crippen LogP contribution < -0.4 is 5.32 Å². The predicted octanol–water partition coefficient (Wildman–Crippen LogP) is 1.14. The van der Waals surface area contributed by atoms with Crippen LogP contribution in [0.1, 0.15) is 29.8 Å². The van der Waals surface area contributed by atoms with Crippen LogP contribution in [0.5, 0.6) is 0 Å². The van der Waals surface area contributed by atoms with Crippen LogP contribution in [0.15, 0.2) is 23.1 Å². The van der Waals surface area contributed by atoms with Gasteiger partial charge < -0.3 is 14.4 Å². The van der Waals surface area contributed by atoms with Crippen molar-refractivity contribution in [3.05, 3.63) is 29.3 Å². The minimum atomic E-state index is -3.68. The lowest BCUT2D eigenvalue weighted by molar-refractivity contribution is -0.0481. The normalized spacial score (nSPS) is 23.6. The van der Waals surface area contributed by atoms with Gasteiger partial charge in [0, 0.05) is 31.7 Å². The van der Waals surface area contributed by atoms with Crippen molar-refractivity contribution >= 4 is 33.3 Å². The maximum absolute atomic E-state index is 12.9. The fourth-order valence-corrected chi connectivity index (χ4v) is 5.21. The van der Waals surface area contributed by atoms with E-state index in [0.29, 0.717) is 50.1 Å². The standard InChI is InChI=1S/C19H27N3O5S2/c1-13-4-5-16(29(24,25)22-6-8-26-9-7-22)10-17(13)18(23)20-19(28)21-11-14(2)27-15(3)12-21/h4-5,10,14-15H,6-9,11-12H2,1-3H3,(H,20,23,28)/t14-,15-/m1/s1. The van der Waals surface area contributed by atoms with Gasteiger partial charge in [-0.1, -0.05) is 6.07 Å². The Labute approximate surface area is 177 Å². The van der Waals surface area contributed by atoms with Gasteiger partial charge in [-0.15, -0.1) is 0 Å². The molecule has 2 saturated heterocycles. The van der Waals surface area contributed by atoms with Crippen LogP contribution in [0.2, 0.25) is 0 Å². The third-order valence-corrected chi connectivity index (χ3v) is 7.24. The van der Waals surface area contributed by atoms with E-state index in [1.807, 2.05) is 18.7 Å². The summed E-state index contributed by atoms with van der Waals surface area (Å²) in [6.45, 7) is 8.19. The maximum Gasteiger partial charge on any atom is 0.257 e. The summed E-state index contributed by atoms with van der Waals surface area (Å²) in [4.78, 5) is 14.8. The van der Waals surface area contributed by atoms with Crippen LogP contribution in [0.25, 0.3) is 0 Å².